The van der Waals surface area contributed by atoms with Crippen LogP contribution in [0.2, 0.25) is 0 Å². The zero-order chi connectivity index (χ0) is 21.5. The van der Waals surface area contributed by atoms with Crippen molar-refractivity contribution < 1.29 is 23.7 Å². The predicted molar refractivity (Wildman–Crippen MR) is 122 cm³/mol. The van der Waals surface area contributed by atoms with Gasteiger partial charge in [-0.1, -0.05) is 44.9 Å². The molecule has 0 aliphatic heterocycles. The summed E-state index contributed by atoms with van der Waals surface area (Å²) < 4.78 is 28.7. The molecule has 0 spiro atoms. The first-order valence-corrected chi connectivity index (χ1v) is 12.9. The topological polar surface area (TPSA) is 49.4 Å². The van der Waals surface area contributed by atoms with Crippen LogP contribution in [0.4, 0.5) is 0 Å². The molecule has 8 heteroatoms. The van der Waals surface area contributed by atoms with E-state index in [0.29, 0.717) is 17.2 Å². The fraction of sp³-hybridized carbons (Fsp3) is 1.00. The second-order valence-corrected chi connectivity index (χ2v) is 9.88. The first-order valence-electron chi connectivity index (χ1n) is 10.5. The van der Waals surface area contributed by atoms with E-state index in [-0.39, 0.29) is 6.23 Å². The molecule has 3 unspecified atom stereocenters. The van der Waals surface area contributed by atoms with E-state index in [1.165, 1.54) is 0 Å². The van der Waals surface area contributed by atoms with E-state index < -0.39 is 11.1 Å². The summed E-state index contributed by atoms with van der Waals surface area (Å²) in [6.07, 6.45) is 5.92. The second-order valence-electron chi connectivity index (χ2n) is 6.65. The molecule has 0 amide bonds. The number of nitrogens with zero attached hydrogens (tertiary/aromatic N) is 1. The van der Waals surface area contributed by atoms with Gasteiger partial charge in [0.1, 0.15) is 6.23 Å². The standard InChI is InChI=1S/C20H45NO5P2/c1-9-15-26-18(10-2)21(13-16-27-19(11-3,22-5)23-6)14-17-28-20(12-4,24-7)25-8/h18,27-28H,9-17H2,1-8H3. The molecule has 0 rings (SSSR count). The molecule has 6 nitrogen and oxygen atoms in total. The van der Waals surface area contributed by atoms with E-state index in [1.54, 1.807) is 28.4 Å². The molecule has 0 saturated carbocycles. The molecular weight excluding hydrogens is 396 g/mol. The quantitative estimate of drug-likeness (QED) is 0.217. The average molecular weight is 442 g/mol. The molecule has 28 heavy (non-hydrogen) atoms. The van der Waals surface area contributed by atoms with Crippen LogP contribution < -0.4 is 0 Å². The van der Waals surface area contributed by atoms with Gasteiger partial charge in [-0.2, -0.15) is 0 Å². The van der Waals surface area contributed by atoms with Crippen molar-refractivity contribution >= 4 is 17.2 Å². The van der Waals surface area contributed by atoms with Gasteiger partial charge in [0.2, 0.25) is 0 Å². The van der Waals surface area contributed by atoms with Gasteiger partial charge in [0.25, 0.3) is 0 Å². The van der Waals surface area contributed by atoms with Crippen molar-refractivity contribution in [1.82, 2.24) is 4.90 Å². The Morgan fingerprint density at radius 3 is 1.46 bits per heavy atom. The lowest BCUT2D eigenvalue weighted by atomic mass is 10.3. The Kier molecular flexibility index (Phi) is 16.7. The van der Waals surface area contributed by atoms with Crippen LogP contribution in [0.25, 0.3) is 0 Å². The fourth-order valence-corrected chi connectivity index (χ4v) is 5.83. The van der Waals surface area contributed by atoms with Gasteiger partial charge in [0, 0.05) is 61.0 Å². The van der Waals surface area contributed by atoms with Gasteiger partial charge in [0.05, 0.1) is 0 Å². The number of methoxy groups -OCH3 is 4. The van der Waals surface area contributed by atoms with E-state index in [1.807, 2.05) is 0 Å². The lowest BCUT2D eigenvalue weighted by Crippen LogP contribution is -2.41. The second kappa shape index (κ2) is 16.3. The maximum atomic E-state index is 6.13. The minimum Gasteiger partial charge on any atom is -0.363 e. The Bertz CT molecular complexity index is 326. The molecule has 0 N–H and O–H groups in total. The molecule has 0 aromatic rings. The summed E-state index contributed by atoms with van der Waals surface area (Å²) in [6.45, 7) is 11.3. The number of hydrogen-bond acceptors (Lipinski definition) is 6. The van der Waals surface area contributed by atoms with E-state index in [4.69, 9.17) is 23.7 Å². The van der Waals surface area contributed by atoms with Gasteiger partial charge in [-0.3, -0.25) is 4.90 Å². The highest BCUT2D eigenvalue weighted by molar-refractivity contribution is 7.39. The molecule has 0 bridgehead atoms. The summed E-state index contributed by atoms with van der Waals surface area (Å²) in [5, 5.41) is 0. The third-order valence-electron chi connectivity index (χ3n) is 5.11. The number of hydrogen-bond donors (Lipinski definition) is 0. The molecule has 0 fully saturated rings. The Morgan fingerprint density at radius 2 is 1.18 bits per heavy atom. The maximum absolute atomic E-state index is 6.13. The van der Waals surface area contributed by atoms with Crippen molar-refractivity contribution in [3.8, 4) is 0 Å². The SMILES string of the molecule is CCCOC(CC)N(CCPC(CC)(OC)OC)CCPC(CC)(OC)OC. The average Bonchev–Trinajstić information content (AvgIpc) is 2.75. The minimum absolute atomic E-state index is 0.150. The van der Waals surface area contributed by atoms with Crippen LogP contribution in [0, 0.1) is 0 Å². The number of ether oxygens (including phenoxy) is 5. The predicted octanol–water partition coefficient (Wildman–Crippen LogP) is 4.52. The van der Waals surface area contributed by atoms with Crippen LogP contribution >= 0.6 is 17.2 Å². The van der Waals surface area contributed by atoms with E-state index in [9.17, 15) is 0 Å². The van der Waals surface area contributed by atoms with Crippen LogP contribution in [-0.2, 0) is 23.7 Å². The Morgan fingerprint density at radius 1 is 0.750 bits per heavy atom. The molecular formula is C20H45NO5P2. The smallest absolute Gasteiger partial charge is 0.182 e. The number of rotatable bonds is 19. The molecule has 170 valence electrons. The zero-order valence-electron chi connectivity index (χ0n) is 19.4. The van der Waals surface area contributed by atoms with Crippen LogP contribution in [0.3, 0.4) is 0 Å². The summed E-state index contributed by atoms with van der Waals surface area (Å²) in [4.78, 5) is 2.47. The summed E-state index contributed by atoms with van der Waals surface area (Å²) in [5.41, 5.74) is -0.911. The molecule has 3 atom stereocenters. The monoisotopic (exact) mass is 441 g/mol. The fourth-order valence-electron chi connectivity index (χ4n) is 3.20. The molecule has 0 radical (unpaired) electrons. The van der Waals surface area contributed by atoms with Gasteiger partial charge in [0.15, 0.2) is 11.1 Å². The van der Waals surface area contributed by atoms with E-state index in [2.05, 4.69) is 32.6 Å². The Balaban J connectivity index is 4.91. The molecule has 0 heterocycles. The largest absolute Gasteiger partial charge is 0.363 e. The Hall–Kier alpha value is 0.620. The van der Waals surface area contributed by atoms with E-state index in [0.717, 1.165) is 57.7 Å². The highest BCUT2D eigenvalue weighted by Crippen LogP contribution is 2.38. The lowest BCUT2D eigenvalue weighted by Gasteiger charge is -2.35. The van der Waals surface area contributed by atoms with Crippen molar-refractivity contribution in [2.24, 2.45) is 0 Å². The summed E-state index contributed by atoms with van der Waals surface area (Å²) in [5.74, 6) is 0. The van der Waals surface area contributed by atoms with Crippen molar-refractivity contribution in [3.63, 3.8) is 0 Å². The summed E-state index contributed by atoms with van der Waals surface area (Å²) >= 11 is 0. The third-order valence-corrected chi connectivity index (χ3v) is 8.66. The molecule has 0 aromatic heterocycles. The van der Waals surface area contributed by atoms with Gasteiger partial charge >= 0.3 is 0 Å². The molecule has 0 saturated heterocycles. The zero-order valence-corrected chi connectivity index (χ0v) is 21.4. The maximum Gasteiger partial charge on any atom is 0.182 e. The van der Waals surface area contributed by atoms with Crippen LogP contribution in [-0.4, -0.2) is 82.6 Å². The first-order chi connectivity index (χ1) is 13.5. The molecule has 0 aliphatic rings. The normalized spacial score (nSPS) is 14.9. The van der Waals surface area contributed by atoms with Gasteiger partial charge in [-0.05, 0) is 25.2 Å². The summed E-state index contributed by atoms with van der Waals surface area (Å²) in [7, 11) is 8.11. The first kappa shape index (κ1) is 28.6. The lowest BCUT2D eigenvalue weighted by molar-refractivity contribution is -0.138. The van der Waals surface area contributed by atoms with Crippen molar-refractivity contribution in [1.29, 1.82) is 0 Å². The van der Waals surface area contributed by atoms with Crippen LogP contribution in [0.5, 0.6) is 0 Å². The van der Waals surface area contributed by atoms with Crippen molar-refractivity contribution in [2.75, 3.05) is 60.5 Å². The van der Waals surface area contributed by atoms with Crippen molar-refractivity contribution in [3.05, 3.63) is 0 Å². The third kappa shape index (κ3) is 9.62. The van der Waals surface area contributed by atoms with Gasteiger partial charge in [-0.15, -0.1) is 0 Å². The van der Waals surface area contributed by atoms with Crippen molar-refractivity contribution in [2.45, 2.75) is 70.7 Å². The highest BCUT2D eigenvalue weighted by atomic mass is 31.1. The van der Waals surface area contributed by atoms with Crippen LogP contribution in [0.15, 0.2) is 0 Å². The molecule has 0 aliphatic carbocycles. The highest BCUT2D eigenvalue weighted by Gasteiger charge is 2.29. The molecule has 0 aromatic carbocycles. The van der Waals surface area contributed by atoms with Gasteiger partial charge < -0.3 is 23.7 Å². The Labute approximate surface area is 177 Å². The van der Waals surface area contributed by atoms with Gasteiger partial charge in [-0.25, -0.2) is 0 Å². The summed E-state index contributed by atoms with van der Waals surface area (Å²) in [6, 6.07) is 0. The minimum atomic E-state index is -0.455. The van der Waals surface area contributed by atoms with Crippen LogP contribution in [0.1, 0.15) is 53.4 Å². The van der Waals surface area contributed by atoms with E-state index >= 15 is 0 Å².